The van der Waals surface area contributed by atoms with Gasteiger partial charge in [0.2, 0.25) is 0 Å². The lowest BCUT2D eigenvalue weighted by molar-refractivity contribution is -0.217. The fraction of sp³-hybridized carbons (Fsp3) is 0.600. The van der Waals surface area contributed by atoms with E-state index in [0.717, 1.165) is 30.4 Å². The van der Waals surface area contributed by atoms with Crippen LogP contribution in [0.3, 0.4) is 0 Å². The molecule has 2 spiro atoms. The molecule has 1 aromatic carbocycles. The Morgan fingerprint density at radius 3 is 2.68 bits per heavy atom. The maximum Gasteiger partial charge on any atom is 0.169 e. The van der Waals surface area contributed by atoms with Crippen molar-refractivity contribution >= 4 is 11.0 Å². The lowest BCUT2D eigenvalue weighted by Gasteiger charge is -2.49. The molecule has 0 bridgehead atoms. The van der Waals surface area contributed by atoms with Gasteiger partial charge in [-0.1, -0.05) is 6.92 Å². The summed E-state index contributed by atoms with van der Waals surface area (Å²) in [5.41, 5.74) is 3.21. The average Bonchev–Trinajstić information content (AvgIpc) is 3.13. The number of benzene rings is 1. The van der Waals surface area contributed by atoms with E-state index in [1.54, 1.807) is 0 Å². The number of hydrogen-bond acceptors (Lipinski definition) is 4. The van der Waals surface area contributed by atoms with Crippen LogP contribution in [0.2, 0.25) is 0 Å². The number of nitrogens with zero attached hydrogens (tertiary/aromatic N) is 3. The van der Waals surface area contributed by atoms with Crippen LogP contribution in [0.25, 0.3) is 11.0 Å². The molecule has 3 aliphatic rings. The van der Waals surface area contributed by atoms with Crippen molar-refractivity contribution < 1.29 is 9.47 Å². The van der Waals surface area contributed by atoms with Crippen molar-refractivity contribution in [2.24, 2.45) is 10.8 Å². The van der Waals surface area contributed by atoms with E-state index in [4.69, 9.17) is 9.47 Å². The molecular weight excluding hydrogens is 314 g/mol. The Labute approximate surface area is 147 Å². The lowest BCUT2D eigenvalue weighted by atomic mass is 9.62. The van der Waals surface area contributed by atoms with E-state index >= 15 is 0 Å². The highest BCUT2D eigenvalue weighted by molar-refractivity contribution is 5.77. The van der Waals surface area contributed by atoms with E-state index in [1.807, 2.05) is 24.5 Å². The molecule has 1 unspecified atom stereocenters. The molecule has 0 radical (unpaired) electrons. The summed E-state index contributed by atoms with van der Waals surface area (Å²) in [6, 6.07) is 7.96. The summed E-state index contributed by atoms with van der Waals surface area (Å²) in [7, 11) is 0. The van der Waals surface area contributed by atoms with Gasteiger partial charge in [-0.25, -0.2) is 4.98 Å². The van der Waals surface area contributed by atoms with Gasteiger partial charge in [0.25, 0.3) is 0 Å². The molecule has 1 saturated heterocycles. The lowest BCUT2D eigenvalue weighted by Crippen LogP contribution is -2.48. The Balaban J connectivity index is 1.52. The molecular formula is C20H23N3O2. The highest BCUT2D eigenvalue weighted by atomic mass is 16.7. The molecule has 2 aliphatic carbocycles. The van der Waals surface area contributed by atoms with Crippen LogP contribution < -0.4 is 0 Å². The highest BCUT2D eigenvalue weighted by Crippen LogP contribution is 2.68. The second-order valence-electron chi connectivity index (χ2n) is 8.31. The Hall–Kier alpha value is -1.90. The van der Waals surface area contributed by atoms with Crippen LogP contribution in [0.15, 0.2) is 24.5 Å². The van der Waals surface area contributed by atoms with E-state index < -0.39 is 0 Å². The highest BCUT2D eigenvalue weighted by Gasteiger charge is 2.63. The number of rotatable bonds is 2. The molecule has 1 aliphatic heterocycles. The Morgan fingerprint density at radius 2 is 1.96 bits per heavy atom. The van der Waals surface area contributed by atoms with Crippen LogP contribution in [0.4, 0.5) is 0 Å². The monoisotopic (exact) mass is 337 g/mol. The Kier molecular flexibility index (Phi) is 3.11. The number of imidazole rings is 1. The van der Waals surface area contributed by atoms with Crippen molar-refractivity contribution in [3.05, 3.63) is 30.1 Å². The van der Waals surface area contributed by atoms with Crippen LogP contribution in [-0.4, -0.2) is 28.6 Å². The van der Waals surface area contributed by atoms with Gasteiger partial charge in [0, 0.05) is 19.4 Å². The predicted molar refractivity (Wildman–Crippen MR) is 92.7 cm³/mol. The smallest absolute Gasteiger partial charge is 0.169 e. The molecule has 130 valence electrons. The zero-order valence-corrected chi connectivity index (χ0v) is 14.6. The number of nitriles is 1. The first-order valence-corrected chi connectivity index (χ1v) is 9.20. The summed E-state index contributed by atoms with van der Waals surface area (Å²) in [6.07, 6.45) is 7.67. The molecule has 1 atom stereocenters. The summed E-state index contributed by atoms with van der Waals surface area (Å²) in [4.78, 5) is 4.54. The third-order valence-corrected chi connectivity index (χ3v) is 6.86. The molecule has 5 heteroatoms. The number of fused-ring (bicyclic) bond motifs is 1. The topological polar surface area (TPSA) is 60.1 Å². The van der Waals surface area contributed by atoms with Crippen molar-refractivity contribution in [2.45, 2.75) is 51.4 Å². The SMILES string of the molecule is CC1(Cn2cnc3ccc(C#N)cc32)CC2(CCC13CC3)OCCO2. The maximum absolute atomic E-state index is 9.22. The summed E-state index contributed by atoms with van der Waals surface area (Å²) in [5, 5.41) is 9.22. The Bertz CT molecular complexity index is 871. The maximum atomic E-state index is 9.22. The van der Waals surface area contributed by atoms with Gasteiger partial charge in [-0.05, 0) is 48.3 Å². The van der Waals surface area contributed by atoms with Gasteiger partial charge >= 0.3 is 0 Å². The average molecular weight is 337 g/mol. The summed E-state index contributed by atoms with van der Waals surface area (Å²) >= 11 is 0. The van der Waals surface area contributed by atoms with Crippen LogP contribution in [0, 0.1) is 22.2 Å². The molecule has 25 heavy (non-hydrogen) atoms. The van der Waals surface area contributed by atoms with Gasteiger partial charge in [-0.15, -0.1) is 0 Å². The minimum absolute atomic E-state index is 0.117. The minimum Gasteiger partial charge on any atom is -0.348 e. The second kappa shape index (κ2) is 5.06. The number of aromatic nitrogens is 2. The molecule has 2 heterocycles. The van der Waals surface area contributed by atoms with Crippen molar-refractivity contribution in [1.29, 1.82) is 5.26 Å². The minimum atomic E-state index is -0.378. The second-order valence-corrected chi connectivity index (χ2v) is 8.31. The zero-order chi connectivity index (χ0) is 17.1. The van der Waals surface area contributed by atoms with Crippen molar-refractivity contribution in [3.63, 3.8) is 0 Å². The molecule has 3 fully saturated rings. The largest absolute Gasteiger partial charge is 0.348 e. The van der Waals surface area contributed by atoms with E-state index in [-0.39, 0.29) is 11.2 Å². The normalized spacial score (nSPS) is 29.3. The third kappa shape index (κ3) is 2.24. The van der Waals surface area contributed by atoms with Crippen LogP contribution >= 0.6 is 0 Å². The first kappa shape index (κ1) is 15.4. The predicted octanol–water partition coefficient (Wildman–Crippen LogP) is 3.62. The molecule has 2 saturated carbocycles. The summed E-state index contributed by atoms with van der Waals surface area (Å²) in [5.74, 6) is -0.378. The van der Waals surface area contributed by atoms with Gasteiger partial charge in [0.15, 0.2) is 5.79 Å². The van der Waals surface area contributed by atoms with E-state index in [0.29, 0.717) is 24.2 Å². The first-order chi connectivity index (χ1) is 12.1. The van der Waals surface area contributed by atoms with Crippen LogP contribution in [0.5, 0.6) is 0 Å². The van der Waals surface area contributed by atoms with Crippen molar-refractivity contribution in [1.82, 2.24) is 9.55 Å². The summed E-state index contributed by atoms with van der Waals surface area (Å²) < 4.78 is 14.3. The Morgan fingerprint density at radius 1 is 1.20 bits per heavy atom. The fourth-order valence-corrected chi connectivity index (χ4v) is 5.20. The molecule has 0 N–H and O–H groups in total. The van der Waals surface area contributed by atoms with E-state index in [9.17, 15) is 5.26 Å². The summed E-state index contributed by atoms with van der Waals surface area (Å²) in [6.45, 7) is 4.71. The quantitative estimate of drug-likeness (QED) is 0.840. The molecule has 0 amide bonds. The first-order valence-electron chi connectivity index (χ1n) is 9.20. The van der Waals surface area contributed by atoms with Gasteiger partial charge < -0.3 is 14.0 Å². The van der Waals surface area contributed by atoms with Gasteiger partial charge in [-0.3, -0.25) is 0 Å². The van der Waals surface area contributed by atoms with Crippen molar-refractivity contribution in [3.8, 4) is 6.07 Å². The number of hydrogen-bond donors (Lipinski definition) is 0. The fourth-order valence-electron chi connectivity index (χ4n) is 5.20. The van der Waals surface area contributed by atoms with E-state index in [1.165, 1.54) is 19.3 Å². The van der Waals surface area contributed by atoms with Gasteiger partial charge in [-0.2, -0.15) is 5.26 Å². The van der Waals surface area contributed by atoms with Crippen LogP contribution in [0.1, 0.15) is 44.6 Å². The zero-order valence-electron chi connectivity index (χ0n) is 14.6. The molecule has 5 nitrogen and oxygen atoms in total. The van der Waals surface area contributed by atoms with Crippen LogP contribution in [-0.2, 0) is 16.0 Å². The standard InChI is InChI=1S/C20H23N3O2/c1-18(12-20(24-8-9-25-20)7-6-19(18)4-5-19)13-23-14-22-16-3-2-15(11-21)10-17(16)23/h2-3,10,14H,4-9,12-13H2,1H3. The molecule has 2 aromatic rings. The molecule has 5 rings (SSSR count). The third-order valence-electron chi connectivity index (χ3n) is 6.86. The van der Waals surface area contributed by atoms with Crippen molar-refractivity contribution in [2.75, 3.05) is 13.2 Å². The van der Waals surface area contributed by atoms with E-state index in [2.05, 4.69) is 22.5 Å². The number of ether oxygens (including phenoxy) is 2. The molecule has 1 aromatic heterocycles. The van der Waals surface area contributed by atoms with Gasteiger partial charge in [0.1, 0.15) is 0 Å². The van der Waals surface area contributed by atoms with Gasteiger partial charge in [0.05, 0.1) is 42.2 Å².